The van der Waals surface area contributed by atoms with E-state index in [4.69, 9.17) is 11.6 Å². The zero-order valence-electron chi connectivity index (χ0n) is 11.3. The SMILES string of the molecule is Fc1cccc(-c2ncnc(Cl)c2-c2c(F)cc(F)cc2F)c1. The highest BCUT2D eigenvalue weighted by Crippen LogP contribution is 2.38. The van der Waals surface area contributed by atoms with Crippen LogP contribution in [0.3, 0.4) is 0 Å². The molecule has 0 aliphatic heterocycles. The molecule has 0 saturated carbocycles. The number of aromatic nitrogens is 2. The van der Waals surface area contributed by atoms with Crippen LogP contribution < -0.4 is 0 Å². The zero-order chi connectivity index (χ0) is 16.6. The Hall–Kier alpha value is -2.47. The molecule has 0 bridgehead atoms. The predicted molar refractivity (Wildman–Crippen MR) is 77.7 cm³/mol. The van der Waals surface area contributed by atoms with E-state index in [9.17, 15) is 17.6 Å². The first kappa shape index (κ1) is 15.4. The van der Waals surface area contributed by atoms with Gasteiger partial charge in [0.2, 0.25) is 0 Å². The van der Waals surface area contributed by atoms with Gasteiger partial charge in [-0.15, -0.1) is 0 Å². The van der Waals surface area contributed by atoms with Gasteiger partial charge in [-0.3, -0.25) is 0 Å². The molecule has 0 saturated heterocycles. The van der Waals surface area contributed by atoms with Crippen molar-refractivity contribution >= 4 is 11.6 Å². The van der Waals surface area contributed by atoms with E-state index in [1.807, 2.05) is 0 Å². The highest BCUT2D eigenvalue weighted by molar-refractivity contribution is 6.32. The minimum Gasteiger partial charge on any atom is -0.236 e. The van der Waals surface area contributed by atoms with E-state index >= 15 is 0 Å². The first-order valence-electron chi connectivity index (χ1n) is 6.38. The normalized spacial score (nSPS) is 10.8. The van der Waals surface area contributed by atoms with Crippen LogP contribution in [-0.4, -0.2) is 9.97 Å². The number of benzene rings is 2. The molecule has 0 radical (unpaired) electrons. The highest BCUT2D eigenvalue weighted by Gasteiger charge is 2.22. The maximum absolute atomic E-state index is 14.1. The Morgan fingerprint density at radius 2 is 1.48 bits per heavy atom. The van der Waals surface area contributed by atoms with Crippen LogP contribution in [0.2, 0.25) is 5.15 Å². The maximum atomic E-state index is 14.1. The third-order valence-corrected chi connectivity index (χ3v) is 3.44. The van der Waals surface area contributed by atoms with Crippen molar-refractivity contribution in [2.24, 2.45) is 0 Å². The molecule has 1 aromatic heterocycles. The van der Waals surface area contributed by atoms with Crippen molar-refractivity contribution in [2.75, 3.05) is 0 Å². The Bertz CT molecular complexity index is 876. The lowest BCUT2D eigenvalue weighted by molar-refractivity contribution is 0.548. The minimum absolute atomic E-state index is 0.0360. The monoisotopic (exact) mass is 338 g/mol. The number of nitrogens with zero attached hydrogens (tertiary/aromatic N) is 2. The summed E-state index contributed by atoms with van der Waals surface area (Å²) < 4.78 is 54.7. The van der Waals surface area contributed by atoms with Crippen molar-refractivity contribution in [3.8, 4) is 22.4 Å². The van der Waals surface area contributed by atoms with E-state index in [1.165, 1.54) is 18.2 Å². The number of rotatable bonds is 2. The molecule has 0 aliphatic carbocycles. The molecule has 0 unspecified atom stereocenters. The van der Waals surface area contributed by atoms with Gasteiger partial charge in [-0.25, -0.2) is 27.5 Å². The first-order valence-corrected chi connectivity index (χ1v) is 6.76. The summed E-state index contributed by atoms with van der Waals surface area (Å²) in [4.78, 5) is 7.64. The first-order chi connectivity index (χ1) is 11.0. The molecular weight excluding hydrogens is 332 g/mol. The smallest absolute Gasteiger partial charge is 0.141 e. The van der Waals surface area contributed by atoms with Crippen LogP contribution >= 0.6 is 11.6 Å². The largest absolute Gasteiger partial charge is 0.236 e. The summed E-state index contributed by atoms with van der Waals surface area (Å²) in [6, 6.07) is 6.33. The topological polar surface area (TPSA) is 25.8 Å². The zero-order valence-corrected chi connectivity index (χ0v) is 12.1. The molecule has 0 atom stereocenters. The molecule has 23 heavy (non-hydrogen) atoms. The lowest BCUT2D eigenvalue weighted by Gasteiger charge is -2.12. The number of hydrogen-bond acceptors (Lipinski definition) is 2. The summed E-state index contributed by atoms with van der Waals surface area (Å²) in [5.41, 5.74) is -0.452. The Labute approximate surface area is 133 Å². The van der Waals surface area contributed by atoms with Crippen LogP contribution in [0.1, 0.15) is 0 Å². The van der Waals surface area contributed by atoms with E-state index in [2.05, 4.69) is 9.97 Å². The fourth-order valence-electron chi connectivity index (χ4n) is 2.22. The molecular formula is C16H7ClF4N2. The van der Waals surface area contributed by atoms with Crippen molar-refractivity contribution < 1.29 is 17.6 Å². The van der Waals surface area contributed by atoms with Gasteiger partial charge in [0.25, 0.3) is 0 Å². The van der Waals surface area contributed by atoms with Gasteiger partial charge >= 0.3 is 0 Å². The maximum Gasteiger partial charge on any atom is 0.141 e. The summed E-state index contributed by atoms with van der Waals surface area (Å²) >= 11 is 5.97. The van der Waals surface area contributed by atoms with Crippen molar-refractivity contribution in [1.82, 2.24) is 9.97 Å². The standard InChI is InChI=1S/C16H7ClF4N2/c17-16-14(13-11(20)5-10(19)6-12(13)21)15(22-7-23-16)8-2-1-3-9(18)4-8/h1-7H. The minimum atomic E-state index is -1.16. The molecule has 2 nitrogen and oxygen atoms in total. The van der Waals surface area contributed by atoms with Crippen LogP contribution in [-0.2, 0) is 0 Å². The Morgan fingerprint density at radius 1 is 0.783 bits per heavy atom. The van der Waals surface area contributed by atoms with E-state index in [0.717, 1.165) is 12.4 Å². The van der Waals surface area contributed by atoms with Crippen molar-refractivity contribution in [3.05, 3.63) is 71.1 Å². The molecule has 0 spiro atoms. The summed E-state index contributed by atoms with van der Waals surface area (Å²) in [7, 11) is 0. The van der Waals surface area contributed by atoms with Gasteiger partial charge < -0.3 is 0 Å². The van der Waals surface area contributed by atoms with Crippen LogP contribution in [0.15, 0.2) is 42.7 Å². The van der Waals surface area contributed by atoms with Crippen molar-refractivity contribution in [1.29, 1.82) is 0 Å². The summed E-state index contributed by atoms with van der Waals surface area (Å²) in [6.45, 7) is 0. The van der Waals surface area contributed by atoms with Crippen LogP contribution in [0.5, 0.6) is 0 Å². The second-order valence-corrected chi connectivity index (χ2v) is 5.00. The number of halogens is 5. The van der Waals surface area contributed by atoms with Crippen molar-refractivity contribution in [3.63, 3.8) is 0 Å². The molecule has 0 aliphatic rings. The Balaban J connectivity index is 2.33. The molecule has 0 N–H and O–H groups in total. The number of hydrogen-bond donors (Lipinski definition) is 0. The predicted octanol–water partition coefficient (Wildman–Crippen LogP) is 5.02. The van der Waals surface area contributed by atoms with Gasteiger partial charge in [-0.1, -0.05) is 23.7 Å². The van der Waals surface area contributed by atoms with E-state index < -0.39 is 28.8 Å². The molecule has 0 fully saturated rings. The van der Waals surface area contributed by atoms with E-state index in [1.54, 1.807) is 0 Å². The molecule has 0 amide bonds. The molecule has 1 heterocycles. The van der Waals surface area contributed by atoms with Gasteiger partial charge in [0, 0.05) is 17.7 Å². The second kappa shape index (κ2) is 5.96. The quantitative estimate of drug-likeness (QED) is 0.484. The fraction of sp³-hybridized carbons (Fsp3) is 0. The van der Waals surface area contributed by atoms with Gasteiger partial charge in [-0.05, 0) is 12.1 Å². The second-order valence-electron chi connectivity index (χ2n) is 4.64. The fourth-order valence-corrected chi connectivity index (χ4v) is 2.45. The lowest BCUT2D eigenvalue weighted by atomic mass is 9.99. The van der Waals surface area contributed by atoms with Crippen LogP contribution in [0.25, 0.3) is 22.4 Å². The van der Waals surface area contributed by atoms with Gasteiger partial charge in [0.15, 0.2) is 0 Å². The lowest BCUT2D eigenvalue weighted by Crippen LogP contribution is -1.99. The Kier molecular flexibility index (Phi) is 4.00. The molecule has 2 aromatic carbocycles. The third kappa shape index (κ3) is 2.90. The van der Waals surface area contributed by atoms with Gasteiger partial charge in [0.1, 0.15) is 34.7 Å². The highest BCUT2D eigenvalue weighted by atomic mass is 35.5. The molecule has 3 rings (SSSR count). The summed E-state index contributed by atoms with van der Waals surface area (Å²) in [5.74, 6) is -3.93. The third-order valence-electron chi connectivity index (χ3n) is 3.16. The van der Waals surface area contributed by atoms with Crippen LogP contribution in [0.4, 0.5) is 17.6 Å². The van der Waals surface area contributed by atoms with Crippen molar-refractivity contribution in [2.45, 2.75) is 0 Å². The molecule has 3 aromatic rings. The summed E-state index contributed by atoms with van der Waals surface area (Å²) in [5, 5.41) is -0.233. The molecule has 116 valence electrons. The van der Waals surface area contributed by atoms with Gasteiger partial charge in [-0.2, -0.15) is 0 Å². The van der Waals surface area contributed by atoms with E-state index in [-0.39, 0.29) is 22.0 Å². The molecule has 7 heteroatoms. The summed E-state index contributed by atoms with van der Waals surface area (Å²) in [6.07, 6.45) is 1.09. The van der Waals surface area contributed by atoms with Crippen LogP contribution in [0, 0.1) is 23.3 Å². The van der Waals surface area contributed by atoms with E-state index in [0.29, 0.717) is 12.1 Å². The van der Waals surface area contributed by atoms with Gasteiger partial charge in [0.05, 0.1) is 16.8 Å². The average Bonchev–Trinajstić information content (AvgIpc) is 2.48. The Morgan fingerprint density at radius 3 is 2.13 bits per heavy atom. The average molecular weight is 339 g/mol.